The molecule has 0 atom stereocenters. The predicted octanol–water partition coefficient (Wildman–Crippen LogP) is 2.13. The SMILES string of the molecule is CC(C)(C)NC(=O)Nc1ccccc1CN1CCNC1=O. The molecule has 0 aliphatic carbocycles. The molecule has 6 heteroatoms. The van der Waals surface area contributed by atoms with Crippen LogP contribution in [0.3, 0.4) is 0 Å². The summed E-state index contributed by atoms with van der Waals surface area (Å²) in [5.41, 5.74) is 1.34. The Kier molecular flexibility index (Phi) is 4.35. The van der Waals surface area contributed by atoms with Gasteiger partial charge in [0.05, 0.1) is 0 Å². The van der Waals surface area contributed by atoms with Crippen LogP contribution in [-0.4, -0.2) is 35.6 Å². The van der Waals surface area contributed by atoms with E-state index in [1.54, 1.807) is 4.90 Å². The second-order valence-electron chi connectivity index (χ2n) is 6.14. The van der Waals surface area contributed by atoms with Gasteiger partial charge in [-0.3, -0.25) is 0 Å². The number of rotatable bonds is 3. The molecule has 1 aliphatic rings. The Balaban J connectivity index is 2.06. The van der Waals surface area contributed by atoms with Crippen LogP contribution in [0.4, 0.5) is 15.3 Å². The van der Waals surface area contributed by atoms with Crippen molar-refractivity contribution in [3.05, 3.63) is 29.8 Å². The Morgan fingerprint density at radius 1 is 1.33 bits per heavy atom. The third-order valence-electron chi connectivity index (χ3n) is 3.06. The maximum Gasteiger partial charge on any atom is 0.319 e. The molecular formula is C15H22N4O2. The van der Waals surface area contributed by atoms with Crippen LogP contribution in [0.25, 0.3) is 0 Å². The Hall–Kier alpha value is -2.24. The first-order chi connectivity index (χ1) is 9.85. The number of hydrogen-bond acceptors (Lipinski definition) is 2. The van der Waals surface area contributed by atoms with Crippen molar-refractivity contribution in [2.75, 3.05) is 18.4 Å². The van der Waals surface area contributed by atoms with Crippen molar-refractivity contribution in [1.29, 1.82) is 0 Å². The molecule has 0 unspecified atom stereocenters. The van der Waals surface area contributed by atoms with Crippen molar-refractivity contribution in [2.45, 2.75) is 32.9 Å². The monoisotopic (exact) mass is 290 g/mol. The normalized spacial score (nSPS) is 14.8. The summed E-state index contributed by atoms with van der Waals surface area (Å²) in [5.74, 6) is 0. The summed E-state index contributed by atoms with van der Waals surface area (Å²) in [6.45, 7) is 7.60. The van der Waals surface area contributed by atoms with Crippen molar-refractivity contribution < 1.29 is 9.59 Å². The highest BCUT2D eigenvalue weighted by molar-refractivity contribution is 5.90. The molecule has 1 fully saturated rings. The topological polar surface area (TPSA) is 73.5 Å². The number of nitrogens with one attached hydrogen (secondary N) is 3. The van der Waals surface area contributed by atoms with Crippen molar-refractivity contribution in [3.63, 3.8) is 0 Å². The molecule has 0 spiro atoms. The number of para-hydroxylation sites is 1. The zero-order chi connectivity index (χ0) is 15.5. The summed E-state index contributed by atoms with van der Waals surface area (Å²) in [6.07, 6.45) is 0. The van der Waals surface area contributed by atoms with Gasteiger partial charge in [-0.05, 0) is 32.4 Å². The van der Waals surface area contributed by atoms with Gasteiger partial charge >= 0.3 is 12.1 Å². The summed E-state index contributed by atoms with van der Waals surface area (Å²) in [7, 11) is 0. The standard InChI is InChI=1S/C15H22N4O2/c1-15(2,3)18-13(20)17-12-7-5-4-6-11(12)10-19-9-8-16-14(19)21/h4-7H,8-10H2,1-3H3,(H,16,21)(H2,17,18,20). The van der Waals surface area contributed by atoms with Gasteiger partial charge in [0.25, 0.3) is 0 Å². The van der Waals surface area contributed by atoms with Crippen LogP contribution in [0.15, 0.2) is 24.3 Å². The van der Waals surface area contributed by atoms with E-state index in [1.807, 2.05) is 45.0 Å². The summed E-state index contributed by atoms with van der Waals surface area (Å²) >= 11 is 0. The van der Waals surface area contributed by atoms with Crippen LogP contribution in [0.2, 0.25) is 0 Å². The molecule has 0 bridgehead atoms. The van der Waals surface area contributed by atoms with Crippen molar-refractivity contribution in [3.8, 4) is 0 Å². The molecule has 0 aromatic heterocycles. The molecule has 21 heavy (non-hydrogen) atoms. The fourth-order valence-corrected chi connectivity index (χ4v) is 2.14. The number of hydrogen-bond donors (Lipinski definition) is 3. The Morgan fingerprint density at radius 2 is 2.05 bits per heavy atom. The Labute approximate surface area is 124 Å². The predicted molar refractivity (Wildman–Crippen MR) is 82.2 cm³/mol. The molecule has 1 aliphatic heterocycles. The van der Waals surface area contributed by atoms with Gasteiger partial charge in [0.1, 0.15) is 0 Å². The van der Waals surface area contributed by atoms with E-state index in [-0.39, 0.29) is 17.6 Å². The highest BCUT2D eigenvalue weighted by Crippen LogP contribution is 2.18. The zero-order valence-electron chi connectivity index (χ0n) is 12.7. The summed E-state index contributed by atoms with van der Waals surface area (Å²) in [4.78, 5) is 25.3. The average molecular weight is 290 g/mol. The van der Waals surface area contributed by atoms with E-state index in [2.05, 4.69) is 16.0 Å². The van der Waals surface area contributed by atoms with E-state index in [0.717, 1.165) is 11.3 Å². The van der Waals surface area contributed by atoms with Gasteiger partial charge in [-0.25, -0.2) is 9.59 Å². The van der Waals surface area contributed by atoms with Gasteiger partial charge in [-0.1, -0.05) is 18.2 Å². The molecule has 4 amide bonds. The summed E-state index contributed by atoms with van der Waals surface area (Å²) < 4.78 is 0. The summed E-state index contributed by atoms with van der Waals surface area (Å²) in [5, 5.41) is 8.47. The largest absolute Gasteiger partial charge is 0.336 e. The molecule has 3 N–H and O–H groups in total. The van der Waals surface area contributed by atoms with Gasteiger partial charge in [0, 0.05) is 30.9 Å². The minimum atomic E-state index is -0.298. The smallest absolute Gasteiger partial charge is 0.319 e. The van der Waals surface area contributed by atoms with E-state index in [0.29, 0.717) is 19.6 Å². The number of nitrogens with zero attached hydrogens (tertiary/aromatic N) is 1. The van der Waals surface area contributed by atoms with Crippen LogP contribution in [0.1, 0.15) is 26.3 Å². The lowest BCUT2D eigenvalue weighted by Crippen LogP contribution is -2.43. The number of amides is 4. The van der Waals surface area contributed by atoms with E-state index in [9.17, 15) is 9.59 Å². The number of urea groups is 2. The first kappa shape index (κ1) is 15.2. The highest BCUT2D eigenvalue weighted by atomic mass is 16.2. The summed E-state index contributed by atoms with van der Waals surface area (Å²) in [6, 6.07) is 7.20. The minimum Gasteiger partial charge on any atom is -0.336 e. The van der Waals surface area contributed by atoms with Crippen molar-refractivity contribution >= 4 is 17.7 Å². The van der Waals surface area contributed by atoms with Crippen LogP contribution in [0, 0.1) is 0 Å². The zero-order valence-corrected chi connectivity index (χ0v) is 12.7. The molecule has 114 valence electrons. The van der Waals surface area contributed by atoms with E-state index in [4.69, 9.17) is 0 Å². The Bertz CT molecular complexity index is 537. The Morgan fingerprint density at radius 3 is 2.67 bits per heavy atom. The van der Waals surface area contributed by atoms with Gasteiger partial charge in [-0.2, -0.15) is 0 Å². The van der Waals surface area contributed by atoms with Gasteiger partial charge in [0.2, 0.25) is 0 Å². The highest BCUT2D eigenvalue weighted by Gasteiger charge is 2.21. The maximum atomic E-state index is 12.0. The number of benzene rings is 1. The van der Waals surface area contributed by atoms with Crippen LogP contribution in [0.5, 0.6) is 0 Å². The fourth-order valence-electron chi connectivity index (χ4n) is 2.14. The van der Waals surface area contributed by atoms with Crippen molar-refractivity contribution in [2.24, 2.45) is 0 Å². The first-order valence-corrected chi connectivity index (χ1v) is 7.05. The second kappa shape index (κ2) is 6.03. The third kappa shape index (κ3) is 4.37. The first-order valence-electron chi connectivity index (χ1n) is 7.05. The van der Waals surface area contributed by atoms with Gasteiger partial charge in [-0.15, -0.1) is 0 Å². The van der Waals surface area contributed by atoms with Crippen LogP contribution in [-0.2, 0) is 6.54 Å². The third-order valence-corrected chi connectivity index (χ3v) is 3.06. The number of anilines is 1. The van der Waals surface area contributed by atoms with Gasteiger partial charge in [0.15, 0.2) is 0 Å². The van der Waals surface area contributed by atoms with Gasteiger partial charge < -0.3 is 20.9 Å². The molecule has 2 rings (SSSR count). The lowest BCUT2D eigenvalue weighted by atomic mass is 10.1. The average Bonchev–Trinajstić information content (AvgIpc) is 2.75. The van der Waals surface area contributed by atoms with E-state index in [1.165, 1.54) is 0 Å². The quantitative estimate of drug-likeness (QED) is 0.798. The molecule has 1 saturated heterocycles. The maximum absolute atomic E-state index is 12.0. The number of carbonyl (C=O) groups is 2. The lowest BCUT2D eigenvalue weighted by molar-refractivity contribution is 0.215. The second-order valence-corrected chi connectivity index (χ2v) is 6.14. The molecule has 0 radical (unpaired) electrons. The molecule has 0 saturated carbocycles. The molecule has 1 aromatic carbocycles. The molecule has 1 aromatic rings. The van der Waals surface area contributed by atoms with Crippen LogP contribution >= 0.6 is 0 Å². The number of carbonyl (C=O) groups excluding carboxylic acids is 2. The van der Waals surface area contributed by atoms with E-state index < -0.39 is 0 Å². The minimum absolute atomic E-state index is 0.0658. The molecular weight excluding hydrogens is 268 g/mol. The van der Waals surface area contributed by atoms with Crippen LogP contribution < -0.4 is 16.0 Å². The lowest BCUT2D eigenvalue weighted by Gasteiger charge is -2.22. The molecule has 6 nitrogen and oxygen atoms in total. The fraction of sp³-hybridized carbons (Fsp3) is 0.467. The van der Waals surface area contributed by atoms with E-state index >= 15 is 0 Å². The molecule has 1 heterocycles. The van der Waals surface area contributed by atoms with Crippen molar-refractivity contribution in [1.82, 2.24) is 15.5 Å².